The number of aromatic nitrogens is 2. The maximum absolute atomic E-state index is 13.0. The fourth-order valence-electron chi connectivity index (χ4n) is 3.28. The Morgan fingerprint density at radius 1 is 1.25 bits per heavy atom. The van der Waals surface area contributed by atoms with Crippen LogP contribution in [0.2, 0.25) is 0 Å². The molecule has 0 saturated carbocycles. The average Bonchev–Trinajstić information content (AvgIpc) is 3.00. The van der Waals surface area contributed by atoms with Gasteiger partial charge in [0, 0.05) is 30.4 Å². The first kappa shape index (κ1) is 20.3. The zero-order valence-electron chi connectivity index (χ0n) is 16.9. The molecule has 0 bridgehead atoms. The molecule has 6 heteroatoms. The molecule has 1 unspecified atom stereocenters. The molecule has 0 aliphatic rings. The van der Waals surface area contributed by atoms with Crippen LogP contribution in [0.3, 0.4) is 0 Å². The third-order valence-corrected chi connectivity index (χ3v) is 6.48. The molecular weight excluding hydrogens is 370 g/mol. The number of thiophene rings is 1. The van der Waals surface area contributed by atoms with Gasteiger partial charge in [0.2, 0.25) is 5.91 Å². The van der Waals surface area contributed by atoms with Crippen molar-refractivity contribution in [1.29, 1.82) is 0 Å². The number of fused-ring (bicyclic) bond motifs is 1. The van der Waals surface area contributed by atoms with Crippen molar-refractivity contribution in [3.8, 4) is 0 Å². The van der Waals surface area contributed by atoms with Crippen LogP contribution in [-0.2, 0) is 17.9 Å². The van der Waals surface area contributed by atoms with E-state index in [9.17, 15) is 9.59 Å². The fourth-order valence-corrected chi connectivity index (χ4v) is 4.27. The molecule has 1 aromatic carbocycles. The van der Waals surface area contributed by atoms with Crippen LogP contribution in [0.4, 0.5) is 0 Å². The number of benzene rings is 1. The lowest BCUT2D eigenvalue weighted by Crippen LogP contribution is -2.38. The van der Waals surface area contributed by atoms with E-state index in [4.69, 9.17) is 0 Å². The van der Waals surface area contributed by atoms with Gasteiger partial charge in [-0.15, -0.1) is 11.3 Å². The average molecular weight is 398 g/mol. The molecule has 0 spiro atoms. The molecule has 5 nitrogen and oxygen atoms in total. The van der Waals surface area contributed by atoms with E-state index in [0.717, 1.165) is 27.3 Å². The van der Waals surface area contributed by atoms with Gasteiger partial charge in [-0.3, -0.25) is 14.2 Å². The number of aryl methyl sites for hydroxylation is 3. The molecular formula is C22H27N3O2S. The van der Waals surface area contributed by atoms with Crippen LogP contribution >= 0.6 is 11.3 Å². The summed E-state index contributed by atoms with van der Waals surface area (Å²) < 4.78 is 1.57. The molecule has 0 aliphatic carbocycles. The van der Waals surface area contributed by atoms with Crippen LogP contribution in [0.5, 0.6) is 0 Å². The molecule has 148 valence electrons. The predicted molar refractivity (Wildman–Crippen MR) is 115 cm³/mol. The Balaban J connectivity index is 1.77. The number of hydrogen-bond acceptors (Lipinski definition) is 4. The SMILES string of the molecule is CCC(C)N(Cc1ccccc1)C(=O)CCn1cnc2sc(C)c(C)c2c1=O. The van der Waals surface area contributed by atoms with Crippen molar-refractivity contribution in [3.63, 3.8) is 0 Å². The van der Waals surface area contributed by atoms with Crippen molar-refractivity contribution in [3.05, 3.63) is 63.0 Å². The minimum absolute atomic E-state index is 0.0576. The van der Waals surface area contributed by atoms with Gasteiger partial charge >= 0.3 is 0 Å². The highest BCUT2D eigenvalue weighted by Gasteiger charge is 2.20. The van der Waals surface area contributed by atoms with Gasteiger partial charge in [-0.05, 0) is 38.3 Å². The summed E-state index contributed by atoms with van der Waals surface area (Å²) in [5, 5.41) is 0.681. The smallest absolute Gasteiger partial charge is 0.262 e. The van der Waals surface area contributed by atoms with E-state index < -0.39 is 0 Å². The third kappa shape index (κ3) is 4.17. The Labute approximate surface area is 169 Å². The molecule has 0 saturated heterocycles. The lowest BCUT2D eigenvalue weighted by molar-refractivity contribution is -0.134. The number of nitrogens with zero attached hydrogens (tertiary/aromatic N) is 3. The minimum atomic E-state index is -0.0576. The van der Waals surface area contributed by atoms with Crippen molar-refractivity contribution >= 4 is 27.5 Å². The summed E-state index contributed by atoms with van der Waals surface area (Å²) in [6.45, 7) is 9.04. The molecule has 0 N–H and O–H groups in total. The largest absolute Gasteiger partial charge is 0.336 e. The van der Waals surface area contributed by atoms with Gasteiger partial charge in [0.25, 0.3) is 5.56 Å². The quantitative estimate of drug-likeness (QED) is 0.597. The van der Waals surface area contributed by atoms with E-state index in [2.05, 4.69) is 18.8 Å². The number of hydrogen-bond donors (Lipinski definition) is 0. The van der Waals surface area contributed by atoms with Crippen LogP contribution in [-0.4, -0.2) is 26.4 Å². The lowest BCUT2D eigenvalue weighted by atomic mass is 10.1. The van der Waals surface area contributed by atoms with Gasteiger partial charge in [-0.2, -0.15) is 0 Å². The Bertz CT molecular complexity index is 1020. The first-order chi connectivity index (χ1) is 13.4. The molecule has 2 heterocycles. The molecule has 2 aromatic heterocycles. The summed E-state index contributed by atoms with van der Waals surface area (Å²) in [7, 11) is 0. The topological polar surface area (TPSA) is 55.2 Å². The van der Waals surface area contributed by atoms with Crippen LogP contribution in [0, 0.1) is 13.8 Å². The number of carbonyl (C=O) groups excluding carboxylic acids is 1. The van der Waals surface area contributed by atoms with Crippen molar-refractivity contribution in [2.75, 3.05) is 0 Å². The Kier molecular flexibility index (Phi) is 6.29. The van der Waals surface area contributed by atoms with Crippen LogP contribution in [0.25, 0.3) is 10.2 Å². The highest BCUT2D eigenvalue weighted by atomic mass is 32.1. The Hall–Kier alpha value is -2.47. The van der Waals surface area contributed by atoms with Crippen molar-refractivity contribution in [2.45, 2.75) is 59.7 Å². The van der Waals surface area contributed by atoms with Crippen LogP contribution in [0.1, 0.15) is 42.7 Å². The second-order valence-corrected chi connectivity index (χ2v) is 8.42. The van der Waals surface area contributed by atoms with E-state index in [1.807, 2.05) is 49.1 Å². The Morgan fingerprint density at radius 3 is 2.64 bits per heavy atom. The molecule has 0 aliphatic heterocycles. The molecule has 3 rings (SSSR count). The standard InChI is InChI=1S/C22H27N3O2S/c1-5-15(2)25(13-18-9-7-6-8-10-18)19(26)11-12-24-14-23-21-20(22(24)27)16(3)17(4)28-21/h6-10,14-15H,5,11-13H2,1-4H3. The van der Waals surface area contributed by atoms with Gasteiger partial charge in [0.05, 0.1) is 11.7 Å². The van der Waals surface area contributed by atoms with Gasteiger partial charge < -0.3 is 4.90 Å². The van der Waals surface area contributed by atoms with Gasteiger partial charge in [0.1, 0.15) is 4.83 Å². The normalized spacial score (nSPS) is 12.3. The van der Waals surface area contributed by atoms with Crippen LogP contribution < -0.4 is 5.56 Å². The zero-order valence-corrected chi connectivity index (χ0v) is 17.8. The Morgan fingerprint density at radius 2 is 1.96 bits per heavy atom. The maximum Gasteiger partial charge on any atom is 0.262 e. The first-order valence-electron chi connectivity index (χ1n) is 9.70. The summed E-state index contributed by atoms with van der Waals surface area (Å²) in [6.07, 6.45) is 2.74. The maximum atomic E-state index is 13.0. The van der Waals surface area contributed by atoms with E-state index in [1.54, 1.807) is 10.9 Å². The van der Waals surface area contributed by atoms with Gasteiger partial charge in [-0.25, -0.2) is 4.98 Å². The first-order valence-corrected chi connectivity index (χ1v) is 10.5. The second kappa shape index (κ2) is 8.69. The highest BCUT2D eigenvalue weighted by Crippen LogP contribution is 2.25. The van der Waals surface area contributed by atoms with E-state index in [1.165, 1.54) is 11.3 Å². The molecule has 1 atom stereocenters. The third-order valence-electron chi connectivity index (χ3n) is 5.36. The lowest BCUT2D eigenvalue weighted by Gasteiger charge is -2.29. The molecule has 1 amide bonds. The number of amides is 1. The predicted octanol–water partition coefficient (Wildman–Crippen LogP) is 4.29. The molecule has 3 aromatic rings. The van der Waals surface area contributed by atoms with E-state index in [-0.39, 0.29) is 23.9 Å². The second-order valence-electron chi connectivity index (χ2n) is 7.22. The van der Waals surface area contributed by atoms with Gasteiger partial charge in [-0.1, -0.05) is 37.3 Å². The number of rotatable bonds is 7. The molecule has 0 radical (unpaired) electrons. The summed E-state index contributed by atoms with van der Waals surface area (Å²) in [5.74, 6) is 0.0587. The van der Waals surface area contributed by atoms with E-state index >= 15 is 0 Å². The summed E-state index contributed by atoms with van der Waals surface area (Å²) in [6, 6.07) is 10.2. The summed E-state index contributed by atoms with van der Waals surface area (Å²) in [4.78, 5) is 34.0. The van der Waals surface area contributed by atoms with Crippen molar-refractivity contribution in [1.82, 2.24) is 14.5 Å². The number of carbonyl (C=O) groups is 1. The summed E-state index contributed by atoms with van der Waals surface area (Å²) >= 11 is 1.54. The molecule has 0 fully saturated rings. The monoisotopic (exact) mass is 397 g/mol. The minimum Gasteiger partial charge on any atom is -0.336 e. The van der Waals surface area contributed by atoms with Crippen LogP contribution in [0.15, 0.2) is 41.5 Å². The van der Waals surface area contributed by atoms with E-state index in [0.29, 0.717) is 18.5 Å². The summed E-state index contributed by atoms with van der Waals surface area (Å²) in [5.41, 5.74) is 2.04. The molecule has 28 heavy (non-hydrogen) atoms. The van der Waals surface area contributed by atoms with Crippen molar-refractivity contribution in [2.24, 2.45) is 0 Å². The highest BCUT2D eigenvalue weighted by molar-refractivity contribution is 7.18. The van der Waals surface area contributed by atoms with Gasteiger partial charge in [0.15, 0.2) is 0 Å². The fraction of sp³-hybridized carbons (Fsp3) is 0.409. The zero-order chi connectivity index (χ0) is 20.3. The van der Waals surface area contributed by atoms with Crippen molar-refractivity contribution < 1.29 is 4.79 Å².